The summed E-state index contributed by atoms with van der Waals surface area (Å²) in [5.74, 6) is -0.556. The highest BCUT2D eigenvalue weighted by atomic mass is 35.5. The highest BCUT2D eigenvalue weighted by Crippen LogP contribution is 2.34. The Balaban J connectivity index is 1.91. The molecule has 0 fully saturated rings. The van der Waals surface area contributed by atoms with Gasteiger partial charge in [-0.25, -0.2) is 14.6 Å². The van der Waals surface area contributed by atoms with Crippen molar-refractivity contribution < 1.29 is 14.3 Å². The van der Waals surface area contributed by atoms with Crippen molar-refractivity contribution in [3.63, 3.8) is 0 Å². The van der Waals surface area contributed by atoms with Crippen molar-refractivity contribution in [2.45, 2.75) is 32.4 Å². The minimum atomic E-state index is -0.714. The summed E-state index contributed by atoms with van der Waals surface area (Å²) in [6, 6.07) is 5.96. The Kier molecular flexibility index (Phi) is 5.70. The Hall–Kier alpha value is -2.54. The summed E-state index contributed by atoms with van der Waals surface area (Å²) in [4.78, 5) is 34.4. The maximum absolute atomic E-state index is 13.1. The zero-order valence-corrected chi connectivity index (χ0v) is 16.3. The fourth-order valence-electron chi connectivity index (χ4n) is 3.32. The van der Waals surface area contributed by atoms with Crippen LogP contribution in [0.1, 0.15) is 36.8 Å². The molecule has 0 saturated heterocycles. The maximum atomic E-state index is 13.1. The van der Waals surface area contributed by atoms with Crippen molar-refractivity contribution in [1.29, 1.82) is 0 Å². The van der Waals surface area contributed by atoms with Gasteiger partial charge in [0.2, 0.25) is 0 Å². The van der Waals surface area contributed by atoms with E-state index in [1.54, 1.807) is 23.4 Å². The first kappa shape index (κ1) is 19.2. The molecule has 2 N–H and O–H groups in total. The van der Waals surface area contributed by atoms with E-state index >= 15 is 0 Å². The zero-order chi connectivity index (χ0) is 19.6. The number of carbonyl (C=O) groups is 2. The number of esters is 1. The molecular formula is C19H23ClN4O3. The lowest BCUT2D eigenvalue weighted by Crippen LogP contribution is -2.53. The first-order valence-corrected chi connectivity index (χ1v) is 9.22. The third kappa shape index (κ3) is 3.93. The van der Waals surface area contributed by atoms with E-state index in [-0.39, 0.29) is 18.0 Å². The molecule has 1 aromatic carbocycles. The van der Waals surface area contributed by atoms with Crippen LogP contribution in [0, 0.1) is 5.92 Å². The van der Waals surface area contributed by atoms with Crippen molar-refractivity contribution in [1.82, 2.24) is 20.2 Å². The number of nitrogens with one attached hydrogen (secondary N) is 2. The smallest absolute Gasteiger partial charge is 0.328 e. The second kappa shape index (κ2) is 8.00. The number of hydrogen-bond donors (Lipinski definition) is 2. The van der Waals surface area contributed by atoms with Gasteiger partial charge in [-0.3, -0.25) is 0 Å². The number of nitrogens with zero attached hydrogens (tertiary/aromatic N) is 2. The molecule has 0 radical (unpaired) electrons. The molecule has 0 saturated carbocycles. The number of ether oxygens (including phenoxy) is 1. The van der Waals surface area contributed by atoms with E-state index in [0.717, 1.165) is 17.0 Å². The Labute approximate surface area is 163 Å². The summed E-state index contributed by atoms with van der Waals surface area (Å²) < 4.78 is 4.83. The van der Waals surface area contributed by atoms with Gasteiger partial charge < -0.3 is 19.9 Å². The number of H-pyrrole nitrogens is 1. The number of amides is 2. The zero-order valence-electron chi connectivity index (χ0n) is 15.5. The monoisotopic (exact) mass is 390 g/mol. The van der Waals surface area contributed by atoms with E-state index in [9.17, 15) is 9.59 Å². The molecule has 2 aromatic rings. The Morgan fingerprint density at radius 2 is 2.04 bits per heavy atom. The molecule has 0 aliphatic carbocycles. The molecule has 7 nitrogen and oxygen atoms in total. The number of hydrogen-bond acceptors (Lipinski definition) is 4. The fraction of sp³-hybridized carbons (Fsp3) is 0.421. The molecule has 2 amide bonds. The van der Waals surface area contributed by atoms with Crippen LogP contribution in [-0.4, -0.2) is 46.6 Å². The van der Waals surface area contributed by atoms with E-state index < -0.39 is 12.0 Å². The Morgan fingerprint density at radius 1 is 1.33 bits per heavy atom. The molecule has 0 spiro atoms. The van der Waals surface area contributed by atoms with Crippen LogP contribution in [0.2, 0.25) is 5.02 Å². The van der Waals surface area contributed by atoms with E-state index in [1.807, 2.05) is 26.0 Å². The number of fused-ring (bicyclic) bond motifs is 1. The summed E-state index contributed by atoms with van der Waals surface area (Å²) in [5, 5.41) is 3.44. The highest BCUT2D eigenvalue weighted by Gasteiger charge is 2.36. The number of aromatic amines is 1. The lowest BCUT2D eigenvalue weighted by Gasteiger charge is -2.36. The average molecular weight is 391 g/mol. The SMILES string of the molecule is COC(=O)[C@H](NC(=O)N1CCc2[nH]cnc2[C@@H]1c1ccc(Cl)cc1)C(C)C. The van der Waals surface area contributed by atoms with Gasteiger partial charge in [0, 0.05) is 23.7 Å². The van der Waals surface area contributed by atoms with Crippen LogP contribution < -0.4 is 5.32 Å². The van der Waals surface area contributed by atoms with Crippen LogP contribution in [0.3, 0.4) is 0 Å². The molecule has 8 heteroatoms. The number of urea groups is 1. The number of rotatable bonds is 4. The molecule has 0 bridgehead atoms. The van der Waals surface area contributed by atoms with E-state index in [1.165, 1.54) is 7.11 Å². The van der Waals surface area contributed by atoms with Gasteiger partial charge in [-0.2, -0.15) is 0 Å². The maximum Gasteiger partial charge on any atom is 0.328 e. The predicted octanol–water partition coefficient (Wildman–Crippen LogP) is 2.92. The molecule has 2 heterocycles. The van der Waals surface area contributed by atoms with Crippen molar-refractivity contribution >= 4 is 23.6 Å². The quantitative estimate of drug-likeness (QED) is 0.786. The lowest BCUT2D eigenvalue weighted by atomic mass is 9.96. The second-order valence-electron chi connectivity index (χ2n) is 6.86. The van der Waals surface area contributed by atoms with Crippen molar-refractivity contribution in [2.75, 3.05) is 13.7 Å². The number of halogens is 1. The first-order valence-electron chi connectivity index (χ1n) is 8.85. The van der Waals surface area contributed by atoms with Crippen LogP contribution in [0.25, 0.3) is 0 Å². The van der Waals surface area contributed by atoms with Gasteiger partial charge in [-0.1, -0.05) is 37.6 Å². The third-order valence-corrected chi connectivity index (χ3v) is 5.02. The highest BCUT2D eigenvalue weighted by molar-refractivity contribution is 6.30. The van der Waals surface area contributed by atoms with Gasteiger partial charge in [-0.05, 0) is 23.6 Å². The summed E-state index contributed by atoms with van der Waals surface area (Å²) >= 11 is 6.02. The molecule has 1 aromatic heterocycles. The summed E-state index contributed by atoms with van der Waals surface area (Å²) in [6.45, 7) is 4.22. The predicted molar refractivity (Wildman–Crippen MR) is 101 cm³/mol. The van der Waals surface area contributed by atoms with Crippen LogP contribution in [0.15, 0.2) is 30.6 Å². The van der Waals surface area contributed by atoms with Gasteiger partial charge in [-0.15, -0.1) is 0 Å². The Morgan fingerprint density at radius 3 is 2.67 bits per heavy atom. The Bertz CT molecular complexity index is 819. The minimum Gasteiger partial charge on any atom is -0.467 e. The molecule has 144 valence electrons. The van der Waals surface area contributed by atoms with Crippen molar-refractivity contribution in [3.8, 4) is 0 Å². The molecule has 3 rings (SSSR count). The van der Waals surface area contributed by atoms with E-state index in [2.05, 4.69) is 15.3 Å². The van der Waals surface area contributed by atoms with Gasteiger partial charge in [0.1, 0.15) is 12.1 Å². The molecule has 27 heavy (non-hydrogen) atoms. The molecular weight excluding hydrogens is 368 g/mol. The fourth-order valence-corrected chi connectivity index (χ4v) is 3.44. The van der Waals surface area contributed by atoms with Crippen LogP contribution >= 0.6 is 11.6 Å². The first-order chi connectivity index (χ1) is 12.9. The van der Waals surface area contributed by atoms with Crippen molar-refractivity contribution in [3.05, 3.63) is 52.6 Å². The summed E-state index contributed by atoms with van der Waals surface area (Å²) in [5.41, 5.74) is 2.71. The standard InChI is InChI=1S/C19H23ClN4O3/c1-11(2)15(18(25)27-3)23-19(26)24-9-8-14-16(22-10-21-14)17(24)12-4-6-13(20)7-5-12/h4-7,10-11,15,17H,8-9H2,1-3H3,(H,21,22)(H,23,26)/t15-,17+/m1/s1. The van der Waals surface area contributed by atoms with Gasteiger partial charge in [0.15, 0.2) is 0 Å². The summed E-state index contributed by atoms with van der Waals surface area (Å²) in [7, 11) is 1.32. The van der Waals surface area contributed by atoms with Crippen molar-refractivity contribution in [2.24, 2.45) is 5.92 Å². The largest absolute Gasteiger partial charge is 0.467 e. The van der Waals surface area contributed by atoms with Gasteiger partial charge in [0.05, 0.1) is 19.1 Å². The van der Waals surface area contributed by atoms with Crippen LogP contribution in [0.4, 0.5) is 4.79 Å². The second-order valence-corrected chi connectivity index (χ2v) is 7.29. The normalized spacial score (nSPS) is 17.4. The number of carbonyl (C=O) groups excluding carboxylic acids is 2. The number of aromatic nitrogens is 2. The lowest BCUT2D eigenvalue weighted by molar-refractivity contribution is -0.144. The average Bonchev–Trinajstić information content (AvgIpc) is 3.13. The number of imidazole rings is 1. The third-order valence-electron chi connectivity index (χ3n) is 4.77. The van der Waals surface area contributed by atoms with Crippen LogP contribution in [-0.2, 0) is 16.0 Å². The number of methoxy groups -OCH3 is 1. The van der Waals surface area contributed by atoms with E-state index in [0.29, 0.717) is 18.0 Å². The summed E-state index contributed by atoms with van der Waals surface area (Å²) in [6.07, 6.45) is 2.30. The minimum absolute atomic E-state index is 0.0962. The molecule has 1 aliphatic heterocycles. The van der Waals surface area contributed by atoms with Crippen LogP contribution in [0.5, 0.6) is 0 Å². The number of benzene rings is 1. The van der Waals surface area contributed by atoms with Gasteiger partial charge in [0.25, 0.3) is 0 Å². The van der Waals surface area contributed by atoms with Gasteiger partial charge >= 0.3 is 12.0 Å². The molecule has 2 atom stereocenters. The molecule has 0 unspecified atom stereocenters. The molecule has 1 aliphatic rings. The van der Waals surface area contributed by atoms with E-state index in [4.69, 9.17) is 16.3 Å². The topological polar surface area (TPSA) is 87.3 Å².